The van der Waals surface area contributed by atoms with Gasteiger partial charge in [0.05, 0.1) is 5.41 Å². The molecule has 0 aliphatic heterocycles. The lowest BCUT2D eigenvalue weighted by Gasteiger charge is -2.70. The van der Waals surface area contributed by atoms with Crippen LogP contribution in [-0.2, 0) is 9.59 Å². The van der Waals surface area contributed by atoms with Gasteiger partial charge >= 0.3 is 17.7 Å². The Morgan fingerprint density at radius 3 is 2.40 bits per heavy atom. The molecule has 0 amide bonds. The predicted molar refractivity (Wildman–Crippen MR) is 149 cm³/mol. The van der Waals surface area contributed by atoms with Crippen molar-refractivity contribution in [3.63, 3.8) is 0 Å². The number of ketones is 1. The molecule has 4 saturated carbocycles. The van der Waals surface area contributed by atoms with Crippen molar-refractivity contribution >= 4 is 11.8 Å². The number of fused-ring (bicyclic) bond motifs is 7. The number of rotatable bonds is 3. The molecule has 40 heavy (non-hydrogen) atoms. The minimum Gasteiger partial charge on any atom is -0.481 e. The number of hydrogen-bond donors (Lipinski definition) is 2. The molecule has 6 rings (SSSR count). The molecule has 8 heteroatoms. The third-order valence-electron chi connectivity index (χ3n) is 13.7. The summed E-state index contributed by atoms with van der Waals surface area (Å²) in [6, 6.07) is 0.118. The Hall–Kier alpha value is -2.38. The second-order valence-electron chi connectivity index (χ2n) is 15.6. The first-order valence-corrected chi connectivity index (χ1v) is 15.3. The van der Waals surface area contributed by atoms with E-state index >= 15 is 0 Å². The first-order chi connectivity index (χ1) is 18.6. The first-order valence-electron chi connectivity index (χ1n) is 15.3. The van der Waals surface area contributed by atoms with Gasteiger partial charge in [-0.25, -0.2) is 9.78 Å². The van der Waals surface area contributed by atoms with E-state index in [2.05, 4.69) is 56.2 Å². The number of ether oxygens (including phenoxy) is 1. The Bertz CT molecular complexity index is 1330. The summed E-state index contributed by atoms with van der Waals surface area (Å²) >= 11 is 0. The highest BCUT2D eigenvalue weighted by Crippen LogP contribution is 2.74. The van der Waals surface area contributed by atoms with E-state index in [4.69, 9.17) is 4.74 Å². The number of carbonyl (C=O) groups excluding carboxylic acids is 1. The van der Waals surface area contributed by atoms with Gasteiger partial charge in [0.1, 0.15) is 6.10 Å². The maximum Gasteiger partial charge on any atom is 0.441 e. The highest BCUT2D eigenvalue weighted by atomic mass is 16.6. The SMILES string of the molecule is CC1CCC(C)(C(=O)O)C2CCC3(C)C(=CC(=O)C4C5(C)CCC(Oc6noc(=O)[nH]6)C(C)(C)C5CCC43C)C12. The van der Waals surface area contributed by atoms with Crippen LogP contribution in [0, 0.1) is 56.7 Å². The highest BCUT2D eigenvalue weighted by molar-refractivity contribution is 5.95. The Labute approximate surface area is 236 Å². The molecular weight excluding hydrogens is 508 g/mol. The lowest BCUT2D eigenvalue weighted by Crippen LogP contribution is -2.67. The number of hydrogen-bond acceptors (Lipinski definition) is 6. The van der Waals surface area contributed by atoms with Crippen molar-refractivity contribution in [1.29, 1.82) is 0 Å². The van der Waals surface area contributed by atoms with Gasteiger partial charge in [-0.15, -0.1) is 0 Å². The molecule has 10 unspecified atom stereocenters. The van der Waals surface area contributed by atoms with Crippen LogP contribution in [0.5, 0.6) is 6.01 Å². The average molecular weight is 555 g/mol. The number of carbonyl (C=O) groups is 2. The Morgan fingerprint density at radius 1 is 1.02 bits per heavy atom. The van der Waals surface area contributed by atoms with Crippen LogP contribution in [0.15, 0.2) is 21.0 Å². The number of carboxylic acid groups (broad SMARTS) is 1. The maximum atomic E-state index is 14.5. The maximum absolute atomic E-state index is 14.5. The third-order valence-corrected chi connectivity index (χ3v) is 13.7. The molecule has 10 atom stereocenters. The fourth-order valence-corrected chi connectivity index (χ4v) is 11.3. The topological polar surface area (TPSA) is 122 Å². The molecule has 0 bridgehead atoms. The summed E-state index contributed by atoms with van der Waals surface area (Å²) in [6.45, 7) is 15.8. The highest BCUT2D eigenvalue weighted by Gasteiger charge is 2.70. The van der Waals surface area contributed by atoms with Gasteiger partial charge in [0.2, 0.25) is 0 Å². The van der Waals surface area contributed by atoms with E-state index in [1.165, 1.54) is 5.57 Å². The molecule has 1 aromatic heterocycles. The minimum atomic E-state index is -0.736. The molecule has 0 saturated heterocycles. The molecule has 1 heterocycles. The van der Waals surface area contributed by atoms with E-state index < -0.39 is 17.1 Å². The number of aliphatic carboxylic acids is 1. The Morgan fingerprint density at radius 2 is 1.75 bits per heavy atom. The van der Waals surface area contributed by atoms with Crippen LogP contribution < -0.4 is 10.5 Å². The third kappa shape index (κ3) is 3.43. The molecule has 5 aliphatic rings. The van der Waals surface area contributed by atoms with Crippen molar-refractivity contribution in [2.75, 3.05) is 0 Å². The number of aromatic nitrogens is 2. The van der Waals surface area contributed by atoms with Gasteiger partial charge in [-0.3, -0.25) is 14.1 Å². The van der Waals surface area contributed by atoms with Crippen LogP contribution >= 0.6 is 0 Å². The number of nitrogens with zero attached hydrogens (tertiary/aromatic N) is 1. The summed E-state index contributed by atoms with van der Waals surface area (Å²) in [7, 11) is 0. The van der Waals surface area contributed by atoms with Crippen LogP contribution in [0.3, 0.4) is 0 Å². The second-order valence-corrected chi connectivity index (χ2v) is 15.6. The fourth-order valence-electron chi connectivity index (χ4n) is 11.3. The first kappa shape index (κ1) is 27.8. The van der Waals surface area contributed by atoms with Gasteiger partial charge in [-0.2, -0.15) is 0 Å². The second kappa shape index (κ2) is 8.57. The molecule has 8 nitrogen and oxygen atoms in total. The van der Waals surface area contributed by atoms with E-state index in [1.54, 1.807) is 0 Å². The monoisotopic (exact) mass is 554 g/mol. The number of nitrogens with one attached hydrogen (secondary N) is 1. The smallest absolute Gasteiger partial charge is 0.441 e. The molecule has 4 fully saturated rings. The molecule has 0 aromatic carbocycles. The van der Waals surface area contributed by atoms with Crippen LogP contribution in [0.1, 0.15) is 99.8 Å². The number of carboxylic acids is 1. The van der Waals surface area contributed by atoms with Crippen molar-refractivity contribution in [3.05, 3.63) is 22.2 Å². The molecule has 0 spiro atoms. The van der Waals surface area contributed by atoms with Crippen molar-refractivity contribution < 1.29 is 24.0 Å². The summed E-state index contributed by atoms with van der Waals surface area (Å²) in [5, 5.41) is 14.0. The van der Waals surface area contributed by atoms with E-state index in [9.17, 15) is 19.5 Å². The van der Waals surface area contributed by atoms with Gasteiger partial charge in [0.25, 0.3) is 0 Å². The van der Waals surface area contributed by atoms with Crippen LogP contribution in [0.25, 0.3) is 0 Å². The molecule has 5 aliphatic carbocycles. The van der Waals surface area contributed by atoms with Crippen LogP contribution in [0.4, 0.5) is 0 Å². The largest absolute Gasteiger partial charge is 0.481 e. The van der Waals surface area contributed by atoms with Gasteiger partial charge in [0, 0.05) is 11.3 Å². The minimum absolute atomic E-state index is 0.0717. The summed E-state index contributed by atoms with van der Waals surface area (Å²) in [5.74, 6) is -0.316. The van der Waals surface area contributed by atoms with Crippen molar-refractivity contribution in [2.24, 2.45) is 56.7 Å². The normalized spacial score (nSPS) is 47.7. The van der Waals surface area contributed by atoms with E-state index in [0.29, 0.717) is 12.3 Å². The Balaban J connectivity index is 1.38. The van der Waals surface area contributed by atoms with Gasteiger partial charge in [-0.05, 0) is 109 Å². The van der Waals surface area contributed by atoms with Gasteiger partial charge in [-0.1, -0.05) is 47.1 Å². The number of H-pyrrole nitrogens is 1. The average Bonchev–Trinajstić information content (AvgIpc) is 3.28. The van der Waals surface area contributed by atoms with Crippen LogP contribution in [-0.4, -0.2) is 33.1 Å². The number of aromatic amines is 1. The fraction of sp³-hybridized carbons (Fsp3) is 0.812. The summed E-state index contributed by atoms with van der Waals surface area (Å²) in [6.07, 6.45) is 8.87. The lowest BCUT2D eigenvalue weighted by molar-refractivity contribution is -0.200. The molecule has 0 radical (unpaired) electrons. The van der Waals surface area contributed by atoms with E-state index in [0.717, 1.165) is 44.9 Å². The van der Waals surface area contributed by atoms with Crippen LogP contribution in [0.2, 0.25) is 0 Å². The molecular formula is C32H46N2O6. The molecule has 220 valence electrons. The van der Waals surface area contributed by atoms with E-state index in [1.807, 2.05) is 13.0 Å². The molecule has 1 aromatic rings. The zero-order valence-electron chi connectivity index (χ0n) is 25.1. The predicted octanol–water partition coefficient (Wildman–Crippen LogP) is 6.03. The van der Waals surface area contributed by atoms with E-state index in [-0.39, 0.29) is 63.2 Å². The van der Waals surface area contributed by atoms with Crippen molar-refractivity contribution in [3.8, 4) is 6.01 Å². The number of allylic oxidation sites excluding steroid dienone is 2. The van der Waals surface area contributed by atoms with Crippen molar-refractivity contribution in [2.45, 2.75) is 106 Å². The Kier molecular flexibility index (Phi) is 5.95. The summed E-state index contributed by atoms with van der Waals surface area (Å²) < 4.78 is 10.8. The standard InChI is InChI=1S/C32H46N2O6/c1-17-8-12-29(4,25(36)37)18-9-14-31(6)19(23(17)18)16-20(35)24-30(5)13-11-22(39-26-33-27(38)40-34-26)28(2,3)21(30)10-15-32(24,31)7/h16-18,21-24H,8-15H2,1-7H3,(H,36,37)(H,33,34,38). The zero-order valence-corrected chi connectivity index (χ0v) is 25.1. The lowest BCUT2D eigenvalue weighted by atomic mass is 9.33. The van der Waals surface area contributed by atoms with Gasteiger partial charge < -0.3 is 9.84 Å². The van der Waals surface area contributed by atoms with Crippen molar-refractivity contribution in [1.82, 2.24) is 10.1 Å². The summed E-state index contributed by atoms with van der Waals surface area (Å²) in [4.78, 5) is 41.0. The summed E-state index contributed by atoms with van der Waals surface area (Å²) in [5.41, 5.74) is -0.249. The zero-order chi connectivity index (χ0) is 29.0. The van der Waals surface area contributed by atoms with Gasteiger partial charge in [0.15, 0.2) is 5.78 Å². The molecule has 2 N–H and O–H groups in total. The quantitative estimate of drug-likeness (QED) is 0.468.